The van der Waals surface area contributed by atoms with Crippen molar-refractivity contribution in [3.63, 3.8) is 0 Å². The van der Waals surface area contributed by atoms with Gasteiger partial charge in [0.1, 0.15) is 12.4 Å². The molecule has 0 amide bonds. The fraction of sp³-hybridized carbons (Fsp3) is 0.179. The van der Waals surface area contributed by atoms with Crippen LogP contribution in [0.2, 0.25) is 0 Å². The first-order valence-corrected chi connectivity index (χ1v) is 16.6. The van der Waals surface area contributed by atoms with Gasteiger partial charge in [-0.1, -0.05) is 78.1 Å². The number of hydrogen-bond acceptors (Lipinski definition) is 9. The Morgan fingerprint density at radius 2 is 1.69 bits per heavy atom. The van der Waals surface area contributed by atoms with Gasteiger partial charge in [-0.05, 0) is 61.4 Å². The Kier molecular flexibility index (Phi) is 10.0. The van der Waals surface area contributed by atoms with Crippen molar-refractivity contribution < 1.29 is 23.7 Å². The van der Waals surface area contributed by atoms with Gasteiger partial charge in [0.2, 0.25) is 0 Å². The first-order chi connectivity index (χ1) is 23.9. The fourth-order valence-corrected chi connectivity index (χ4v) is 6.61. The van der Waals surface area contributed by atoms with Crippen LogP contribution in [0, 0.1) is 11.3 Å². The van der Waals surface area contributed by atoms with E-state index in [0.29, 0.717) is 55.6 Å². The predicted octanol–water partition coefficient (Wildman–Crippen LogP) is 5.79. The second-order valence-electron chi connectivity index (χ2n) is 10.9. The third kappa shape index (κ3) is 6.89. The number of nitriles is 1. The monoisotopic (exact) mass is 671 g/mol. The summed E-state index contributed by atoms with van der Waals surface area (Å²) in [7, 11) is 1.58. The summed E-state index contributed by atoms with van der Waals surface area (Å²) in [6.45, 7) is 4.38. The molecule has 1 aromatic heterocycles. The third-order valence-corrected chi connectivity index (χ3v) is 8.87. The van der Waals surface area contributed by atoms with Crippen molar-refractivity contribution in [1.82, 2.24) is 4.57 Å². The van der Waals surface area contributed by atoms with E-state index in [1.165, 1.54) is 11.3 Å². The van der Waals surface area contributed by atoms with Crippen LogP contribution in [0.5, 0.6) is 17.2 Å². The highest BCUT2D eigenvalue weighted by atomic mass is 32.1. The van der Waals surface area contributed by atoms with E-state index in [9.17, 15) is 14.9 Å². The molecule has 1 aliphatic heterocycles. The lowest BCUT2D eigenvalue weighted by Gasteiger charge is -2.26. The summed E-state index contributed by atoms with van der Waals surface area (Å²) in [4.78, 5) is 33.3. The zero-order valence-corrected chi connectivity index (χ0v) is 28.0. The van der Waals surface area contributed by atoms with Gasteiger partial charge in [0, 0.05) is 11.1 Å². The van der Waals surface area contributed by atoms with Crippen LogP contribution in [-0.2, 0) is 16.1 Å². The molecule has 10 heteroatoms. The molecule has 0 aliphatic carbocycles. The smallest absolute Gasteiger partial charge is 0.338 e. The van der Waals surface area contributed by atoms with E-state index in [-0.39, 0.29) is 24.3 Å². The van der Waals surface area contributed by atoms with Crippen molar-refractivity contribution in [1.29, 1.82) is 5.26 Å². The Balaban J connectivity index is 1.47. The first kappa shape index (κ1) is 33.0. The minimum Gasteiger partial charge on any atom is -0.497 e. The second kappa shape index (κ2) is 14.9. The number of aromatic nitrogens is 1. The molecule has 246 valence electrons. The zero-order chi connectivity index (χ0) is 34.3. The number of nitrogens with zero attached hydrogens (tertiary/aromatic N) is 3. The summed E-state index contributed by atoms with van der Waals surface area (Å²) in [6.07, 6.45) is 1.78. The minimum atomic E-state index is -0.801. The van der Waals surface area contributed by atoms with Crippen LogP contribution in [0.15, 0.2) is 112 Å². The van der Waals surface area contributed by atoms with Crippen LogP contribution in [-0.4, -0.2) is 30.9 Å². The molecule has 0 radical (unpaired) electrons. The van der Waals surface area contributed by atoms with E-state index in [4.69, 9.17) is 23.9 Å². The number of hydrogen-bond donors (Lipinski definition) is 0. The number of rotatable bonds is 11. The highest BCUT2D eigenvalue weighted by Crippen LogP contribution is 2.36. The summed E-state index contributed by atoms with van der Waals surface area (Å²) >= 11 is 1.24. The predicted molar refractivity (Wildman–Crippen MR) is 187 cm³/mol. The Morgan fingerprint density at radius 1 is 0.939 bits per heavy atom. The van der Waals surface area contributed by atoms with Crippen molar-refractivity contribution in [2.24, 2.45) is 4.99 Å². The molecule has 49 heavy (non-hydrogen) atoms. The van der Waals surface area contributed by atoms with Crippen molar-refractivity contribution in [3.05, 3.63) is 150 Å². The number of ether oxygens (including phenoxy) is 4. The van der Waals surface area contributed by atoms with Gasteiger partial charge in [-0.2, -0.15) is 5.26 Å². The van der Waals surface area contributed by atoms with Gasteiger partial charge in [0.25, 0.3) is 5.56 Å². The summed E-state index contributed by atoms with van der Waals surface area (Å²) in [5.74, 6) is 1.12. The van der Waals surface area contributed by atoms with Crippen molar-refractivity contribution in [2.45, 2.75) is 26.5 Å². The van der Waals surface area contributed by atoms with E-state index in [0.717, 1.165) is 11.1 Å². The van der Waals surface area contributed by atoms with Gasteiger partial charge in [-0.15, -0.1) is 0 Å². The summed E-state index contributed by atoms with van der Waals surface area (Å²) in [5, 5.41) is 9.46. The molecule has 0 unspecified atom stereocenters. The van der Waals surface area contributed by atoms with E-state index in [1.54, 1.807) is 48.9 Å². The molecule has 1 aliphatic rings. The molecular formula is C39H33N3O6S. The number of methoxy groups -OCH3 is 1. The van der Waals surface area contributed by atoms with Crippen LogP contribution in [0.1, 0.15) is 47.7 Å². The lowest BCUT2D eigenvalue weighted by Crippen LogP contribution is -2.40. The van der Waals surface area contributed by atoms with Crippen molar-refractivity contribution in [3.8, 4) is 23.3 Å². The van der Waals surface area contributed by atoms with Crippen molar-refractivity contribution >= 4 is 29.1 Å². The quantitative estimate of drug-likeness (QED) is 0.163. The van der Waals surface area contributed by atoms with E-state index in [2.05, 4.69) is 6.07 Å². The summed E-state index contributed by atoms with van der Waals surface area (Å²) in [5.41, 5.74) is 3.88. The SMILES string of the molecule is CCOC(=O)C1=C(c2ccccc2)N=c2s/c(=C\c3ccc(OCc4ccccc4C#N)c(OCC)c3)c(=O)n2[C@H]1c1ccc(OC)cc1. The Hall–Kier alpha value is -5.92. The van der Waals surface area contributed by atoms with Gasteiger partial charge in [0.05, 0.1) is 53.8 Å². The average molecular weight is 672 g/mol. The molecule has 6 rings (SSSR count). The van der Waals surface area contributed by atoms with E-state index in [1.807, 2.05) is 79.7 Å². The lowest BCUT2D eigenvalue weighted by atomic mass is 9.93. The summed E-state index contributed by atoms with van der Waals surface area (Å²) < 4.78 is 24.9. The van der Waals surface area contributed by atoms with Crippen LogP contribution >= 0.6 is 11.3 Å². The number of thiazole rings is 1. The van der Waals surface area contributed by atoms with Crippen LogP contribution < -0.4 is 29.1 Å². The largest absolute Gasteiger partial charge is 0.497 e. The Labute approximate surface area is 287 Å². The second-order valence-corrected chi connectivity index (χ2v) is 11.9. The van der Waals surface area contributed by atoms with Crippen LogP contribution in [0.4, 0.5) is 0 Å². The third-order valence-electron chi connectivity index (χ3n) is 7.89. The normalized spacial score (nSPS) is 14.0. The molecule has 9 nitrogen and oxygen atoms in total. The van der Waals surface area contributed by atoms with Crippen LogP contribution in [0.3, 0.4) is 0 Å². The number of carbonyl (C=O) groups excluding carboxylic acids is 1. The number of carbonyl (C=O) groups is 1. The van der Waals surface area contributed by atoms with Gasteiger partial charge in [0.15, 0.2) is 16.3 Å². The maximum atomic E-state index is 14.3. The maximum absolute atomic E-state index is 14.3. The molecule has 0 N–H and O–H groups in total. The summed E-state index contributed by atoms with van der Waals surface area (Å²) in [6, 6.07) is 30.8. The number of benzene rings is 4. The fourth-order valence-electron chi connectivity index (χ4n) is 5.61. The molecule has 1 atom stereocenters. The molecular weight excluding hydrogens is 639 g/mol. The topological polar surface area (TPSA) is 112 Å². The first-order valence-electron chi connectivity index (χ1n) is 15.8. The molecule has 0 spiro atoms. The lowest BCUT2D eigenvalue weighted by molar-refractivity contribution is -0.138. The highest BCUT2D eigenvalue weighted by molar-refractivity contribution is 7.07. The standard InChI is InChI=1S/C39H33N3O6S/c1-4-46-32-21-25(15-20-31(32)48-24-29-14-10-9-13-28(29)23-40)22-33-37(43)42-36(27-16-18-30(45-3)19-17-27)34(38(44)47-5-2)35(41-39(42)49-33)26-11-7-6-8-12-26/h6-22,36H,4-5,24H2,1-3H3/b33-22-/t36-/m0/s1. The molecule has 0 saturated carbocycles. The van der Waals surface area contributed by atoms with Gasteiger partial charge in [-0.3, -0.25) is 9.36 Å². The van der Waals surface area contributed by atoms with Crippen LogP contribution in [0.25, 0.3) is 11.8 Å². The van der Waals surface area contributed by atoms with Gasteiger partial charge < -0.3 is 18.9 Å². The minimum absolute atomic E-state index is 0.164. The molecule has 0 saturated heterocycles. The average Bonchev–Trinajstić information content (AvgIpc) is 3.45. The molecule has 2 heterocycles. The van der Waals surface area contributed by atoms with Gasteiger partial charge >= 0.3 is 5.97 Å². The highest BCUT2D eigenvalue weighted by Gasteiger charge is 2.35. The molecule has 0 fully saturated rings. The van der Waals surface area contributed by atoms with E-state index >= 15 is 0 Å². The molecule has 5 aromatic rings. The Morgan fingerprint density at radius 3 is 2.41 bits per heavy atom. The van der Waals surface area contributed by atoms with Crippen molar-refractivity contribution in [2.75, 3.05) is 20.3 Å². The Bertz CT molecular complexity index is 2250. The molecule has 0 bridgehead atoms. The number of fused-ring (bicyclic) bond motifs is 1. The molecule has 4 aromatic carbocycles. The maximum Gasteiger partial charge on any atom is 0.338 e. The van der Waals surface area contributed by atoms with E-state index < -0.39 is 12.0 Å². The van der Waals surface area contributed by atoms with Gasteiger partial charge in [-0.25, -0.2) is 9.79 Å². The zero-order valence-electron chi connectivity index (χ0n) is 27.2. The number of esters is 1.